The molecule has 0 saturated carbocycles. The normalized spacial score (nSPS) is 14.7. The van der Waals surface area contributed by atoms with Gasteiger partial charge in [-0.05, 0) is 43.7 Å². The Balaban J connectivity index is 1.47. The van der Waals surface area contributed by atoms with Crippen LogP contribution in [0.4, 0.5) is 8.78 Å². The number of benzene rings is 2. The Morgan fingerprint density at radius 2 is 1.97 bits per heavy atom. The Hall–Kier alpha value is -4.05. The SMILES string of the molecule is CC(=O)N1CCN([C@@H](C)c2cc(F)cc(Cl)c2COc2cccc3c(-n4cc(F)cn4)cc(C)nc23)C(=O)C1. The van der Waals surface area contributed by atoms with Crippen molar-refractivity contribution in [1.29, 1.82) is 0 Å². The monoisotopic (exact) mass is 553 g/mol. The molecule has 0 radical (unpaired) electrons. The molecule has 1 fully saturated rings. The average molecular weight is 554 g/mol. The van der Waals surface area contributed by atoms with E-state index in [1.54, 1.807) is 30.0 Å². The van der Waals surface area contributed by atoms with Crippen LogP contribution in [0.5, 0.6) is 5.75 Å². The minimum Gasteiger partial charge on any atom is -0.487 e. The van der Waals surface area contributed by atoms with Gasteiger partial charge in [-0.1, -0.05) is 23.7 Å². The summed E-state index contributed by atoms with van der Waals surface area (Å²) in [6.07, 6.45) is 2.41. The van der Waals surface area contributed by atoms with Crippen molar-refractivity contribution in [3.8, 4) is 11.4 Å². The molecule has 0 spiro atoms. The van der Waals surface area contributed by atoms with Crippen molar-refractivity contribution in [2.45, 2.75) is 33.4 Å². The number of piperazine rings is 1. The molecule has 0 unspecified atom stereocenters. The van der Waals surface area contributed by atoms with Crippen molar-refractivity contribution in [3.63, 3.8) is 0 Å². The van der Waals surface area contributed by atoms with Crippen LogP contribution in [0, 0.1) is 18.6 Å². The van der Waals surface area contributed by atoms with E-state index in [9.17, 15) is 18.4 Å². The van der Waals surface area contributed by atoms with Gasteiger partial charge in [0.05, 0.1) is 35.7 Å². The Kier molecular flexibility index (Phi) is 7.22. The predicted molar refractivity (Wildman–Crippen MR) is 142 cm³/mol. The second-order valence-electron chi connectivity index (χ2n) is 9.49. The number of halogens is 3. The van der Waals surface area contributed by atoms with Gasteiger partial charge in [0, 0.05) is 36.7 Å². The molecule has 2 aromatic carbocycles. The van der Waals surface area contributed by atoms with Gasteiger partial charge in [-0.15, -0.1) is 0 Å². The summed E-state index contributed by atoms with van der Waals surface area (Å²) in [6, 6.07) is 9.26. The fourth-order valence-electron chi connectivity index (χ4n) is 4.90. The number of aryl methyl sites for hydroxylation is 1. The van der Waals surface area contributed by atoms with E-state index in [4.69, 9.17) is 16.3 Å². The summed E-state index contributed by atoms with van der Waals surface area (Å²) >= 11 is 6.50. The van der Waals surface area contributed by atoms with Gasteiger partial charge in [0.1, 0.15) is 23.7 Å². The van der Waals surface area contributed by atoms with Crippen molar-refractivity contribution in [2.75, 3.05) is 19.6 Å². The fraction of sp³-hybridized carbons (Fsp3) is 0.286. The molecule has 5 rings (SSSR count). The van der Waals surface area contributed by atoms with Crippen molar-refractivity contribution in [3.05, 3.63) is 82.3 Å². The summed E-state index contributed by atoms with van der Waals surface area (Å²) in [5, 5.41) is 4.96. The molecular formula is C28H26ClF2N5O3. The topological polar surface area (TPSA) is 80.6 Å². The lowest BCUT2D eigenvalue weighted by Gasteiger charge is -2.38. The highest BCUT2D eigenvalue weighted by molar-refractivity contribution is 6.31. The van der Waals surface area contributed by atoms with Crippen LogP contribution < -0.4 is 4.74 Å². The predicted octanol–water partition coefficient (Wildman–Crippen LogP) is 4.99. The highest BCUT2D eigenvalue weighted by Gasteiger charge is 2.31. The van der Waals surface area contributed by atoms with E-state index >= 15 is 0 Å². The third-order valence-corrected chi connectivity index (χ3v) is 7.23. The lowest BCUT2D eigenvalue weighted by Crippen LogP contribution is -2.52. The summed E-state index contributed by atoms with van der Waals surface area (Å²) in [6.45, 7) is 5.71. The number of rotatable bonds is 6. The quantitative estimate of drug-likeness (QED) is 0.336. The molecule has 8 nitrogen and oxygen atoms in total. The van der Waals surface area contributed by atoms with Crippen molar-refractivity contribution in [1.82, 2.24) is 24.6 Å². The van der Waals surface area contributed by atoms with E-state index in [2.05, 4.69) is 10.1 Å². The second kappa shape index (κ2) is 10.6. The van der Waals surface area contributed by atoms with Crippen molar-refractivity contribution in [2.24, 2.45) is 0 Å². The van der Waals surface area contributed by atoms with E-state index in [1.165, 1.54) is 34.8 Å². The highest BCUT2D eigenvalue weighted by Crippen LogP contribution is 2.34. The molecule has 0 aliphatic carbocycles. The molecule has 202 valence electrons. The number of carbonyl (C=O) groups is 2. The summed E-state index contributed by atoms with van der Waals surface area (Å²) < 4.78 is 35.8. The van der Waals surface area contributed by atoms with Crippen LogP contribution in [0.3, 0.4) is 0 Å². The van der Waals surface area contributed by atoms with Crippen LogP contribution in [0.1, 0.15) is 36.7 Å². The molecule has 4 aromatic rings. The fourth-order valence-corrected chi connectivity index (χ4v) is 5.17. The molecule has 0 bridgehead atoms. The van der Waals surface area contributed by atoms with E-state index in [-0.39, 0.29) is 30.0 Å². The lowest BCUT2D eigenvalue weighted by atomic mass is 9.99. The second-order valence-corrected chi connectivity index (χ2v) is 9.89. The number of pyridine rings is 1. The first-order valence-electron chi connectivity index (χ1n) is 12.4. The summed E-state index contributed by atoms with van der Waals surface area (Å²) in [7, 11) is 0. The van der Waals surface area contributed by atoms with E-state index in [0.29, 0.717) is 52.3 Å². The Bertz CT molecular complexity index is 1590. The smallest absolute Gasteiger partial charge is 0.242 e. The number of fused-ring (bicyclic) bond motifs is 1. The maximum atomic E-state index is 14.5. The highest BCUT2D eigenvalue weighted by atomic mass is 35.5. The van der Waals surface area contributed by atoms with Crippen LogP contribution in [-0.2, 0) is 16.2 Å². The number of carbonyl (C=O) groups excluding carboxylic acids is 2. The van der Waals surface area contributed by atoms with Gasteiger partial charge >= 0.3 is 0 Å². The first-order chi connectivity index (χ1) is 18.6. The van der Waals surface area contributed by atoms with E-state index in [0.717, 1.165) is 6.20 Å². The van der Waals surface area contributed by atoms with Crippen LogP contribution in [0.25, 0.3) is 16.6 Å². The maximum absolute atomic E-state index is 14.5. The third-order valence-electron chi connectivity index (χ3n) is 6.89. The van der Waals surface area contributed by atoms with Gasteiger partial charge in [0.2, 0.25) is 11.8 Å². The first kappa shape index (κ1) is 26.6. The summed E-state index contributed by atoms with van der Waals surface area (Å²) in [5.74, 6) is -0.932. The molecule has 1 aliphatic heterocycles. The molecule has 0 N–H and O–H groups in total. The van der Waals surface area contributed by atoms with Crippen LogP contribution >= 0.6 is 11.6 Å². The zero-order valence-electron chi connectivity index (χ0n) is 21.6. The average Bonchev–Trinajstić information content (AvgIpc) is 3.33. The number of amides is 2. The number of hydrogen-bond donors (Lipinski definition) is 0. The molecule has 1 atom stereocenters. The molecule has 39 heavy (non-hydrogen) atoms. The van der Waals surface area contributed by atoms with E-state index < -0.39 is 17.7 Å². The number of para-hydroxylation sites is 1. The van der Waals surface area contributed by atoms with Crippen molar-refractivity contribution < 1.29 is 23.1 Å². The van der Waals surface area contributed by atoms with Crippen LogP contribution in [0.15, 0.2) is 48.8 Å². The zero-order chi connectivity index (χ0) is 27.8. The van der Waals surface area contributed by atoms with Gasteiger partial charge in [0.25, 0.3) is 0 Å². The van der Waals surface area contributed by atoms with Gasteiger partial charge in [0.15, 0.2) is 5.82 Å². The molecule has 3 heterocycles. The zero-order valence-corrected chi connectivity index (χ0v) is 22.4. The molecule has 2 aromatic heterocycles. The molecule has 1 saturated heterocycles. The van der Waals surface area contributed by atoms with Gasteiger partial charge in [-0.2, -0.15) is 5.10 Å². The Morgan fingerprint density at radius 3 is 2.67 bits per heavy atom. The summed E-state index contributed by atoms with van der Waals surface area (Å²) in [4.78, 5) is 32.3. The Labute approximate surface area is 228 Å². The molecule has 2 amide bonds. The number of aromatic nitrogens is 3. The number of nitrogens with zero attached hydrogens (tertiary/aromatic N) is 5. The lowest BCUT2D eigenvalue weighted by molar-refractivity contribution is -0.146. The minimum absolute atomic E-state index is 0.0130. The number of ether oxygens (including phenoxy) is 1. The maximum Gasteiger partial charge on any atom is 0.242 e. The van der Waals surface area contributed by atoms with Gasteiger partial charge < -0.3 is 14.5 Å². The standard InChI is InChI=1S/C28H26ClF2N5O3/c1-16-9-25(36-13-20(31)12-32-36)21-5-4-6-26(28(21)33-16)39-15-23-22(10-19(30)11-24(23)29)17(2)35-8-7-34(18(3)37)14-27(35)38/h4-6,9-13,17H,7-8,14-15H2,1-3H3/t17-/m0/s1. The van der Waals surface area contributed by atoms with Crippen molar-refractivity contribution >= 4 is 34.3 Å². The van der Waals surface area contributed by atoms with Crippen LogP contribution in [0.2, 0.25) is 5.02 Å². The Morgan fingerprint density at radius 1 is 1.18 bits per heavy atom. The van der Waals surface area contributed by atoms with Crippen LogP contribution in [-0.4, -0.2) is 56.0 Å². The molecule has 1 aliphatic rings. The van der Waals surface area contributed by atoms with E-state index in [1.807, 2.05) is 13.0 Å². The van der Waals surface area contributed by atoms with Gasteiger partial charge in [-0.25, -0.2) is 18.4 Å². The molecular weight excluding hydrogens is 528 g/mol. The largest absolute Gasteiger partial charge is 0.487 e. The summed E-state index contributed by atoms with van der Waals surface area (Å²) in [5.41, 5.74) is 2.92. The first-order valence-corrected chi connectivity index (χ1v) is 12.8. The number of hydrogen-bond acceptors (Lipinski definition) is 5. The third kappa shape index (κ3) is 5.29. The minimum atomic E-state index is -0.529. The van der Waals surface area contributed by atoms with Gasteiger partial charge in [-0.3, -0.25) is 9.59 Å². The molecule has 11 heteroatoms.